The van der Waals surface area contributed by atoms with Gasteiger partial charge < -0.3 is 14.2 Å². The second kappa shape index (κ2) is 6.92. The molecule has 4 rings (SSSR count). The molecule has 5 nitrogen and oxygen atoms in total. The van der Waals surface area contributed by atoms with Gasteiger partial charge in [-0.3, -0.25) is 4.79 Å². The summed E-state index contributed by atoms with van der Waals surface area (Å²) in [4.78, 5) is 19.0. The van der Waals surface area contributed by atoms with Gasteiger partial charge in [0.05, 0.1) is 11.9 Å². The zero-order chi connectivity index (χ0) is 17.2. The van der Waals surface area contributed by atoms with Gasteiger partial charge in [-0.05, 0) is 43.0 Å². The van der Waals surface area contributed by atoms with Crippen molar-refractivity contribution in [1.29, 1.82) is 0 Å². The molecule has 1 unspecified atom stereocenters. The van der Waals surface area contributed by atoms with Crippen LogP contribution in [-0.2, 0) is 11.3 Å². The van der Waals surface area contributed by atoms with Crippen LogP contribution in [0.3, 0.4) is 0 Å². The molecule has 3 heterocycles. The largest absolute Gasteiger partial charge is 0.488 e. The van der Waals surface area contributed by atoms with Crippen molar-refractivity contribution in [2.75, 3.05) is 19.7 Å². The summed E-state index contributed by atoms with van der Waals surface area (Å²) in [5, 5.41) is 0.644. The molecule has 1 atom stereocenters. The van der Waals surface area contributed by atoms with Crippen molar-refractivity contribution in [2.45, 2.75) is 19.4 Å². The van der Waals surface area contributed by atoms with Crippen LogP contribution < -0.4 is 4.74 Å². The molecule has 25 heavy (non-hydrogen) atoms. The van der Waals surface area contributed by atoms with E-state index in [1.807, 2.05) is 35.6 Å². The highest BCUT2D eigenvalue weighted by Crippen LogP contribution is 2.30. The molecular weight excluding hydrogens is 338 g/mol. The van der Waals surface area contributed by atoms with Gasteiger partial charge >= 0.3 is 0 Å². The monoisotopic (exact) mass is 357 g/mol. The van der Waals surface area contributed by atoms with Gasteiger partial charge in [0.1, 0.15) is 12.4 Å². The molecule has 0 saturated carbocycles. The number of ether oxygens (including phenoxy) is 1. The molecule has 1 fully saturated rings. The molecule has 2 aliphatic heterocycles. The number of nitrogens with zero attached hydrogens (tertiary/aromatic N) is 3. The molecule has 1 aromatic heterocycles. The Labute approximate surface area is 151 Å². The molecule has 2 aliphatic rings. The molecule has 1 aromatic carbocycles. The first-order valence-electron chi connectivity index (χ1n) is 8.57. The van der Waals surface area contributed by atoms with Gasteiger partial charge in [-0.2, -0.15) is 0 Å². The Morgan fingerprint density at radius 3 is 3.16 bits per heavy atom. The molecule has 0 N–H and O–H groups in total. The number of hydrogen-bond acceptors (Lipinski definition) is 3. The molecule has 0 radical (unpaired) electrons. The molecule has 2 aromatic rings. The van der Waals surface area contributed by atoms with Crippen LogP contribution in [0.2, 0.25) is 5.02 Å². The lowest BCUT2D eigenvalue weighted by Crippen LogP contribution is -2.42. The van der Waals surface area contributed by atoms with Crippen molar-refractivity contribution in [3.8, 4) is 5.75 Å². The van der Waals surface area contributed by atoms with E-state index >= 15 is 0 Å². The number of carbonyl (C=O) groups is 1. The third-order valence-electron chi connectivity index (χ3n) is 4.79. The van der Waals surface area contributed by atoms with Gasteiger partial charge in [0, 0.05) is 42.6 Å². The molecule has 130 valence electrons. The molecule has 1 amide bonds. The summed E-state index contributed by atoms with van der Waals surface area (Å²) >= 11 is 6.05. The van der Waals surface area contributed by atoms with E-state index in [1.165, 1.54) is 0 Å². The SMILES string of the molecule is O=C(C1=Cc2cc(Cl)ccc2OC1)N1CCCC(Cn2ccnc2)C1. The second-order valence-electron chi connectivity index (χ2n) is 6.66. The minimum Gasteiger partial charge on any atom is -0.488 e. The number of aromatic nitrogens is 2. The van der Waals surface area contributed by atoms with Gasteiger partial charge in [-0.1, -0.05) is 11.6 Å². The first-order chi connectivity index (χ1) is 12.2. The van der Waals surface area contributed by atoms with Crippen LogP contribution in [0.25, 0.3) is 6.08 Å². The predicted octanol–water partition coefficient (Wildman–Crippen LogP) is 3.25. The smallest absolute Gasteiger partial charge is 0.253 e. The van der Waals surface area contributed by atoms with Crippen molar-refractivity contribution in [1.82, 2.24) is 14.5 Å². The quantitative estimate of drug-likeness (QED) is 0.847. The number of halogens is 1. The standard InChI is InChI=1S/C19H20ClN3O2/c20-17-3-4-18-15(9-17)8-16(12-25-18)19(24)23-6-1-2-14(11-23)10-22-7-5-21-13-22/h3-5,7-9,13-14H,1-2,6,10-12H2. The first kappa shape index (κ1) is 16.2. The Morgan fingerprint density at radius 2 is 2.32 bits per heavy atom. The third kappa shape index (κ3) is 3.56. The Kier molecular flexibility index (Phi) is 4.49. The van der Waals surface area contributed by atoms with E-state index in [-0.39, 0.29) is 5.91 Å². The van der Waals surface area contributed by atoms with Crippen LogP contribution in [0.4, 0.5) is 0 Å². The molecule has 1 saturated heterocycles. The third-order valence-corrected chi connectivity index (χ3v) is 5.03. The second-order valence-corrected chi connectivity index (χ2v) is 7.10. The fourth-order valence-electron chi connectivity index (χ4n) is 3.57. The topological polar surface area (TPSA) is 47.4 Å². The Bertz CT molecular complexity index is 801. The van der Waals surface area contributed by atoms with Crippen LogP contribution in [0.5, 0.6) is 5.75 Å². The minimum atomic E-state index is 0.0703. The lowest BCUT2D eigenvalue weighted by Gasteiger charge is -2.34. The summed E-state index contributed by atoms with van der Waals surface area (Å²) in [6, 6.07) is 5.48. The molecular formula is C19H20ClN3O2. The molecule has 0 bridgehead atoms. The van der Waals surface area contributed by atoms with Crippen LogP contribution >= 0.6 is 11.6 Å². The maximum Gasteiger partial charge on any atom is 0.253 e. The van der Waals surface area contributed by atoms with E-state index in [2.05, 4.69) is 9.55 Å². The summed E-state index contributed by atoms with van der Waals surface area (Å²) < 4.78 is 7.81. The number of hydrogen-bond donors (Lipinski definition) is 0. The Balaban J connectivity index is 1.47. The zero-order valence-corrected chi connectivity index (χ0v) is 14.7. The normalized spacial score (nSPS) is 19.8. The van der Waals surface area contributed by atoms with E-state index in [1.54, 1.807) is 12.3 Å². The average molecular weight is 358 g/mol. The predicted molar refractivity (Wildman–Crippen MR) is 96.5 cm³/mol. The van der Waals surface area contributed by atoms with Crippen molar-refractivity contribution in [2.24, 2.45) is 5.92 Å². The number of amides is 1. The van der Waals surface area contributed by atoms with Crippen molar-refractivity contribution >= 4 is 23.6 Å². The highest BCUT2D eigenvalue weighted by Gasteiger charge is 2.27. The van der Waals surface area contributed by atoms with Gasteiger partial charge in [0.15, 0.2) is 0 Å². The number of likely N-dealkylation sites (tertiary alicyclic amines) is 1. The van der Waals surface area contributed by atoms with E-state index < -0.39 is 0 Å². The summed E-state index contributed by atoms with van der Waals surface area (Å²) in [7, 11) is 0. The van der Waals surface area contributed by atoms with Crippen molar-refractivity contribution in [3.05, 3.63) is 53.1 Å². The maximum atomic E-state index is 12.9. The lowest BCUT2D eigenvalue weighted by molar-refractivity contribution is -0.129. The molecule has 0 spiro atoms. The Morgan fingerprint density at radius 1 is 1.40 bits per heavy atom. The van der Waals surface area contributed by atoms with Crippen LogP contribution in [0.1, 0.15) is 18.4 Å². The zero-order valence-electron chi connectivity index (χ0n) is 13.9. The Hall–Kier alpha value is -2.27. The van der Waals surface area contributed by atoms with Crippen LogP contribution in [0.15, 0.2) is 42.5 Å². The summed E-state index contributed by atoms with van der Waals surface area (Å²) in [5.41, 5.74) is 1.56. The van der Waals surface area contributed by atoms with Gasteiger partial charge in [-0.15, -0.1) is 0 Å². The molecule has 6 heteroatoms. The summed E-state index contributed by atoms with van der Waals surface area (Å²) in [6.07, 6.45) is 9.67. The average Bonchev–Trinajstić information content (AvgIpc) is 3.13. The van der Waals surface area contributed by atoms with E-state index in [4.69, 9.17) is 16.3 Å². The van der Waals surface area contributed by atoms with Gasteiger partial charge in [0.25, 0.3) is 5.91 Å². The van der Waals surface area contributed by atoms with Gasteiger partial charge in [0.2, 0.25) is 0 Å². The number of fused-ring (bicyclic) bond motifs is 1. The number of carbonyl (C=O) groups excluding carboxylic acids is 1. The highest BCUT2D eigenvalue weighted by atomic mass is 35.5. The highest BCUT2D eigenvalue weighted by molar-refractivity contribution is 6.30. The minimum absolute atomic E-state index is 0.0703. The van der Waals surface area contributed by atoms with E-state index in [9.17, 15) is 4.79 Å². The lowest BCUT2D eigenvalue weighted by atomic mass is 9.96. The summed E-state index contributed by atoms with van der Waals surface area (Å²) in [5.74, 6) is 1.30. The van der Waals surface area contributed by atoms with Crippen LogP contribution in [0, 0.1) is 5.92 Å². The maximum absolute atomic E-state index is 12.9. The number of imidazole rings is 1. The van der Waals surface area contributed by atoms with E-state index in [0.29, 0.717) is 23.1 Å². The first-order valence-corrected chi connectivity index (χ1v) is 8.95. The van der Waals surface area contributed by atoms with Crippen molar-refractivity contribution in [3.63, 3.8) is 0 Å². The number of benzene rings is 1. The van der Waals surface area contributed by atoms with E-state index in [0.717, 1.165) is 43.8 Å². The number of rotatable bonds is 3. The van der Waals surface area contributed by atoms with Gasteiger partial charge in [-0.25, -0.2) is 4.98 Å². The number of piperidine rings is 1. The fraction of sp³-hybridized carbons (Fsp3) is 0.368. The fourth-order valence-corrected chi connectivity index (χ4v) is 3.75. The molecule has 0 aliphatic carbocycles. The van der Waals surface area contributed by atoms with Crippen LogP contribution in [-0.4, -0.2) is 40.1 Å². The van der Waals surface area contributed by atoms with Crippen molar-refractivity contribution < 1.29 is 9.53 Å². The summed E-state index contributed by atoms with van der Waals surface area (Å²) in [6.45, 7) is 2.80.